The Morgan fingerprint density at radius 3 is 1.94 bits per heavy atom. The Balaban J connectivity index is 1.51. The predicted molar refractivity (Wildman–Crippen MR) is 141 cm³/mol. The number of benzene rings is 4. The Bertz CT molecular complexity index is 1510. The summed E-state index contributed by atoms with van der Waals surface area (Å²) < 4.78 is 0. The first kappa shape index (κ1) is 21.0. The molecular weight excluding hydrogens is 444 g/mol. The van der Waals surface area contributed by atoms with E-state index < -0.39 is 17.3 Å². The van der Waals surface area contributed by atoms with Crippen molar-refractivity contribution in [2.75, 3.05) is 4.90 Å². The van der Waals surface area contributed by atoms with Gasteiger partial charge >= 0.3 is 0 Å². The third kappa shape index (κ3) is 2.67. The van der Waals surface area contributed by atoms with Crippen LogP contribution in [0.4, 0.5) is 11.4 Å². The smallest absolute Gasteiger partial charge is 0.239 e. The Kier molecular flexibility index (Phi) is 4.43. The maximum Gasteiger partial charge on any atom is 0.239 e. The van der Waals surface area contributed by atoms with Crippen LogP contribution in [0.15, 0.2) is 108 Å². The molecule has 1 aliphatic heterocycles. The molecule has 4 nitrogen and oxygen atoms in total. The Labute approximate surface area is 209 Å². The number of aliphatic imine (C=N–C) groups is 1. The quantitative estimate of drug-likeness (QED) is 0.276. The van der Waals surface area contributed by atoms with Gasteiger partial charge in [-0.05, 0) is 53.4 Å². The minimum atomic E-state index is -0.840. The van der Waals surface area contributed by atoms with Gasteiger partial charge in [-0.2, -0.15) is 0 Å². The van der Waals surface area contributed by atoms with Crippen molar-refractivity contribution >= 4 is 29.4 Å². The van der Waals surface area contributed by atoms with Gasteiger partial charge in [0.25, 0.3) is 0 Å². The second-order valence-corrected chi connectivity index (χ2v) is 9.97. The molecule has 4 aromatic carbocycles. The van der Waals surface area contributed by atoms with E-state index in [2.05, 4.69) is 24.3 Å². The highest BCUT2D eigenvalue weighted by molar-refractivity contribution is 6.25. The summed E-state index contributed by atoms with van der Waals surface area (Å²) in [7, 11) is 0. The lowest BCUT2D eigenvalue weighted by Crippen LogP contribution is -2.54. The molecule has 1 saturated heterocycles. The van der Waals surface area contributed by atoms with Gasteiger partial charge in [0.2, 0.25) is 11.8 Å². The van der Waals surface area contributed by atoms with Crippen LogP contribution in [-0.2, 0) is 15.0 Å². The SMILES string of the molecule is Cc1ccc(N=CC23c4ccccc4C(c4ccccc42)[C@H]2C(=O)N(c4ccccc4)C(=O)[C@@H]23)cc1. The Morgan fingerprint density at radius 1 is 0.722 bits per heavy atom. The zero-order valence-electron chi connectivity index (χ0n) is 19.8. The Hall–Kier alpha value is -4.31. The fourth-order valence-electron chi connectivity index (χ4n) is 6.69. The lowest BCUT2D eigenvalue weighted by Gasteiger charge is -2.52. The number of hydrogen-bond acceptors (Lipinski definition) is 3. The summed E-state index contributed by atoms with van der Waals surface area (Å²) in [4.78, 5) is 34.7. The molecule has 36 heavy (non-hydrogen) atoms. The van der Waals surface area contributed by atoms with Crippen molar-refractivity contribution in [3.05, 3.63) is 131 Å². The number of aryl methyl sites for hydroxylation is 1. The number of hydrogen-bond donors (Lipinski definition) is 0. The molecule has 1 heterocycles. The Morgan fingerprint density at radius 2 is 1.31 bits per heavy atom. The van der Waals surface area contributed by atoms with E-state index in [4.69, 9.17) is 4.99 Å². The van der Waals surface area contributed by atoms with Crippen LogP contribution in [0.3, 0.4) is 0 Å². The van der Waals surface area contributed by atoms with Crippen molar-refractivity contribution in [3.63, 3.8) is 0 Å². The molecule has 4 heteroatoms. The highest BCUT2D eigenvalue weighted by atomic mass is 16.2. The summed E-state index contributed by atoms with van der Waals surface area (Å²) in [5.74, 6) is -1.48. The van der Waals surface area contributed by atoms with Gasteiger partial charge in [-0.25, -0.2) is 4.90 Å². The molecule has 2 amide bonds. The van der Waals surface area contributed by atoms with E-state index in [1.54, 1.807) is 0 Å². The fourth-order valence-corrected chi connectivity index (χ4v) is 6.69. The standard InChI is InChI=1S/C32H24N2O2/c1-20-15-17-21(18-16-20)33-19-32-25-13-7-5-11-23(25)27(24-12-6-8-14-26(24)32)28-29(32)31(36)34(30(28)35)22-9-3-2-4-10-22/h2-19,27-29H,1H3/t27?,28-,29-,32?/m1/s1. The maximum atomic E-state index is 14.3. The molecule has 0 N–H and O–H groups in total. The van der Waals surface area contributed by atoms with Gasteiger partial charge in [-0.3, -0.25) is 14.6 Å². The zero-order valence-corrected chi connectivity index (χ0v) is 19.8. The minimum absolute atomic E-state index is 0.127. The van der Waals surface area contributed by atoms with Crippen LogP contribution in [-0.4, -0.2) is 18.0 Å². The summed E-state index contributed by atoms with van der Waals surface area (Å²) in [5.41, 5.74) is 6.15. The number of nitrogens with zero attached hydrogens (tertiary/aromatic N) is 2. The number of para-hydroxylation sites is 1. The summed E-state index contributed by atoms with van der Waals surface area (Å²) in [6.45, 7) is 2.05. The van der Waals surface area contributed by atoms with E-state index in [9.17, 15) is 9.59 Å². The van der Waals surface area contributed by atoms with Crippen molar-refractivity contribution in [1.82, 2.24) is 0 Å². The summed E-state index contributed by atoms with van der Waals surface area (Å²) in [6.07, 6.45) is 1.95. The molecule has 0 spiro atoms. The van der Waals surface area contributed by atoms with Crippen molar-refractivity contribution < 1.29 is 9.59 Å². The van der Waals surface area contributed by atoms with Crippen molar-refractivity contribution in [2.24, 2.45) is 16.8 Å². The van der Waals surface area contributed by atoms with Gasteiger partial charge in [0.1, 0.15) is 0 Å². The number of carbonyl (C=O) groups is 2. The van der Waals surface area contributed by atoms with Gasteiger partial charge in [-0.1, -0.05) is 84.4 Å². The van der Waals surface area contributed by atoms with Crippen LogP contribution in [0.5, 0.6) is 0 Å². The topological polar surface area (TPSA) is 49.7 Å². The molecular formula is C32H24N2O2. The van der Waals surface area contributed by atoms with Gasteiger partial charge in [0.05, 0.1) is 28.6 Å². The lowest BCUT2D eigenvalue weighted by atomic mass is 9.47. The van der Waals surface area contributed by atoms with E-state index >= 15 is 0 Å². The highest BCUT2D eigenvalue weighted by Crippen LogP contribution is 2.63. The van der Waals surface area contributed by atoms with Crippen molar-refractivity contribution in [3.8, 4) is 0 Å². The van der Waals surface area contributed by atoms with Crippen LogP contribution in [0.2, 0.25) is 0 Å². The molecule has 2 atom stereocenters. The molecule has 8 rings (SSSR count). The van der Waals surface area contributed by atoms with Crippen molar-refractivity contribution in [1.29, 1.82) is 0 Å². The van der Waals surface area contributed by atoms with Crippen LogP contribution >= 0.6 is 0 Å². The zero-order chi connectivity index (χ0) is 24.4. The summed E-state index contributed by atoms with van der Waals surface area (Å²) in [6, 6.07) is 33.9. The fraction of sp³-hybridized carbons (Fsp3) is 0.156. The van der Waals surface area contributed by atoms with Crippen LogP contribution in [0, 0.1) is 18.8 Å². The second-order valence-electron chi connectivity index (χ2n) is 9.97. The molecule has 174 valence electrons. The molecule has 1 fully saturated rings. The van der Waals surface area contributed by atoms with Gasteiger partial charge in [0.15, 0.2) is 0 Å². The third-order valence-electron chi connectivity index (χ3n) is 8.15. The average Bonchev–Trinajstić information content (AvgIpc) is 3.20. The first-order valence-electron chi connectivity index (χ1n) is 12.3. The monoisotopic (exact) mass is 468 g/mol. The van der Waals surface area contributed by atoms with E-state index in [0.29, 0.717) is 5.69 Å². The van der Waals surface area contributed by atoms with Gasteiger partial charge in [-0.15, -0.1) is 0 Å². The largest absolute Gasteiger partial charge is 0.274 e. The molecule has 2 bridgehead atoms. The van der Waals surface area contributed by atoms with E-state index in [1.165, 1.54) is 4.90 Å². The first-order chi connectivity index (χ1) is 17.6. The first-order valence-corrected chi connectivity index (χ1v) is 12.3. The van der Waals surface area contributed by atoms with Crippen LogP contribution < -0.4 is 4.90 Å². The molecule has 0 unspecified atom stereocenters. The number of rotatable bonds is 3. The van der Waals surface area contributed by atoms with E-state index in [1.807, 2.05) is 92.0 Å². The number of imide groups is 1. The van der Waals surface area contributed by atoms with E-state index in [-0.39, 0.29) is 17.7 Å². The number of amides is 2. The molecule has 4 aliphatic rings. The third-order valence-corrected chi connectivity index (χ3v) is 8.15. The van der Waals surface area contributed by atoms with E-state index in [0.717, 1.165) is 33.5 Å². The highest BCUT2D eigenvalue weighted by Gasteiger charge is 2.67. The molecule has 3 aliphatic carbocycles. The number of anilines is 1. The second kappa shape index (κ2) is 7.59. The summed E-state index contributed by atoms with van der Waals surface area (Å²) in [5, 5.41) is 0. The summed E-state index contributed by atoms with van der Waals surface area (Å²) >= 11 is 0. The maximum absolute atomic E-state index is 14.3. The molecule has 0 saturated carbocycles. The molecule has 0 aromatic heterocycles. The number of carbonyl (C=O) groups excluding carboxylic acids is 2. The molecule has 4 aromatic rings. The lowest BCUT2D eigenvalue weighted by molar-refractivity contribution is -0.122. The van der Waals surface area contributed by atoms with Crippen LogP contribution in [0.25, 0.3) is 0 Å². The van der Waals surface area contributed by atoms with Gasteiger partial charge < -0.3 is 0 Å². The van der Waals surface area contributed by atoms with Crippen molar-refractivity contribution in [2.45, 2.75) is 18.3 Å². The van der Waals surface area contributed by atoms with Gasteiger partial charge in [0, 0.05) is 12.1 Å². The molecule has 0 radical (unpaired) electrons. The minimum Gasteiger partial charge on any atom is -0.274 e. The van der Waals surface area contributed by atoms with Crippen LogP contribution in [0.1, 0.15) is 33.7 Å². The average molecular weight is 469 g/mol. The normalized spacial score (nSPS) is 25.7. The predicted octanol–water partition coefficient (Wildman–Crippen LogP) is 5.95.